The number of pyridine rings is 1. The first-order valence-corrected chi connectivity index (χ1v) is 6.67. The fraction of sp³-hybridized carbons (Fsp3) is 0.312. The fourth-order valence-electron chi connectivity index (χ4n) is 1.83. The third kappa shape index (κ3) is 3.98. The van der Waals surface area contributed by atoms with Crippen LogP contribution in [0.15, 0.2) is 42.6 Å². The molecule has 2 rings (SSSR count). The summed E-state index contributed by atoms with van der Waals surface area (Å²) in [7, 11) is 0. The van der Waals surface area contributed by atoms with Crippen LogP contribution in [0.25, 0.3) is 0 Å². The number of anilines is 1. The second-order valence-corrected chi connectivity index (χ2v) is 4.49. The smallest absolute Gasteiger partial charge is 0.119 e. The van der Waals surface area contributed by atoms with E-state index in [0.29, 0.717) is 0 Å². The van der Waals surface area contributed by atoms with Crippen LogP contribution >= 0.6 is 0 Å². The Morgan fingerprint density at radius 1 is 1.21 bits per heavy atom. The van der Waals surface area contributed by atoms with E-state index in [1.807, 2.05) is 31.2 Å². The zero-order chi connectivity index (χ0) is 13.5. The molecule has 3 heteroatoms. The molecular weight excluding hydrogens is 236 g/mol. The molecule has 0 aliphatic carbocycles. The number of hydrogen-bond donors (Lipinski definition) is 1. The molecule has 0 saturated heterocycles. The van der Waals surface area contributed by atoms with Gasteiger partial charge in [0.1, 0.15) is 5.75 Å². The molecule has 2 aromatic rings. The van der Waals surface area contributed by atoms with Gasteiger partial charge in [0.25, 0.3) is 0 Å². The molecule has 0 fully saturated rings. The number of ether oxygens (including phenoxy) is 1. The van der Waals surface area contributed by atoms with Gasteiger partial charge in [-0.25, -0.2) is 0 Å². The van der Waals surface area contributed by atoms with Gasteiger partial charge in [0, 0.05) is 12.7 Å². The Morgan fingerprint density at radius 3 is 2.89 bits per heavy atom. The highest BCUT2D eigenvalue weighted by Gasteiger charge is 1.99. The SMILES string of the molecule is CCCOc1cccc(CNc2cccnc2C)c1. The van der Waals surface area contributed by atoms with Crippen molar-refractivity contribution >= 4 is 5.69 Å². The molecule has 3 nitrogen and oxygen atoms in total. The van der Waals surface area contributed by atoms with Gasteiger partial charge in [-0.2, -0.15) is 0 Å². The molecule has 0 amide bonds. The first kappa shape index (κ1) is 13.4. The van der Waals surface area contributed by atoms with Crippen LogP contribution in [0.5, 0.6) is 5.75 Å². The maximum Gasteiger partial charge on any atom is 0.119 e. The van der Waals surface area contributed by atoms with Crippen LogP contribution in [0.4, 0.5) is 5.69 Å². The largest absolute Gasteiger partial charge is 0.494 e. The minimum absolute atomic E-state index is 0.762. The lowest BCUT2D eigenvalue weighted by molar-refractivity contribution is 0.317. The van der Waals surface area contributed by atoms with Crippen molar-refractivity contribution < 1.29 is 4.74 Å². The molecule has 0 bridgehead atoms. The van der Waals surface area contributed by atoms with E-state index in [1.54, 1.807) is 6.20 Å². The van der Waals surface area contributed by atoms with Crippen molar-refractivity contribution in [1.29, 1.82) is 0 Å². The predicted molar refractivity (Wildman–Crippen MR) is 78.5 cm³/mol. The van der Waals surface area contributed by atoms with Gasteiger partial charge in [0.05, 0.1) is 18.0 Å². The zero-order valence-corrected chi connectivity index (χ0v) is 11.5. The standard InChI is InChI=1S/C16H20N2O/c1-3-10-19-15-7-4-6-14(11-15)12-18-16-8-5-9-17-13(16)2/h4-9,11,18H,3,10,12H2,1-2H3. The normalized spacial score (nSPS) is 10.2. The van der Waals surface area contributed by atoms with E-state index in [-0.39, 0.29) is 0 Å². The maximum absolute atomic E-state index is 5.63. The number of rotatable bonds is 6. The molecule has 1 heterocycles. The lowest BCUT2D eigenvalue weighted by Crippen LogP contribution is -2.02. The molecule has 19 heavy (non-hydrogen) atoms. The fourth-order valence-corrected chi connectivity index (χ4v) is 1.83. The van der Waals surface area contributed by atoms with E-state index in [4.69, 9.17) is 4.74 Å². The highest BCUT2D eigenvalue weighted by molar-refractivity contribution is 5.47. The number of hydrogen-bond acceptors (Lipinski definition) is 3. The van der Waals surface area contributed by atoms with Crippen molar-refractivity contribution in [2.45, 2.75) is 26.8 Å². The van der Waals surface area contributed by atoms with Crippen molar-refractivity contribution in [3.05, 3.63) is 53.9 Å². The van der Waals surface area contributed by atoms with Crippen LogP contribution in [0.3, 0.4) is 0 Å². The Labute approximate surface area is 114 Å². The average Bonchev–Trinajstić information content (AvgIpc) is 2.45. The van der Waals surface area contributed by atoms with Crippen molar-refractivity contribution in [2.24, 2.45) is 0 Å². The molecule has 1 N–H and O–H groups in total. The van der Waals surface area contributed by atoms with Crippen LogP contribution < -0.4 is 10.1 Å². The van der Waals surface area contributed by atoms with Crippen LogP contribution in [-0.2, 0) is 6.54 Å². The molecule has 0 unspecified atom stereocenters. The van der Waals surface area contributed by atoms with Crippen molar-refractivity contribution in [3.8, 4) is 5.75 Å². The average molecular weight is 256 g/mol. The molecular formula is C16H20N2O. The van der Waals surface area contributed by atoms with E-state index >= 15 is 0 Å². The third-order valence-corrected chi connectivity index (χ3v) is 2.86. The second-order valence-electron chi connectivity index (χ2n) is 4.49. The number of aromatic nitrogens is 1. The Morgan fingerprint density at radius 2 is 2.11 bits per heavy atom. The highest BCUT2D eigenvalue weighted by atomic mass is 16.5. The van der Waals surface area contributed by atoms with Gasteiger partial charge < -0.3 is 10.1 Å². The van der Waals surface area contributed by atoms with Gasteiger partial charge in [0.2, 0.25) is 0 Å². The topological polar surface area (TPSA) is 34.1 Å². The van der Waals surface area contributed by atoms with Crippen molar-refractivity contribution in [3.63, 3.8) is 0 Å². The molecule has 1 aromatic carbocycles. The maximum atomic E-state index is 5.63. The number of nitrogens with zero attached hydrogens (tertiary/aromatic N) is 1. The summed E-state index contributed by atoms with van der Waals surface area (Å²) in [5, 5.41) is 3.39. The predicted octanol–water partition coefficient (Wildman–Crippen LogP) is 3.79. The van der Waals surface area contributed by atoms with Crippen LogP contribution in [0, 0.1) is 6.92 Å². The third-order valence-electron chi connectivity index (χ3n) is 2.86. The molecule has 0 aliphatic heterocycles. The van der Waals surface area contributed by atoms with Crippen molar-refractivity contribution in [2.75, 3.05) is 11.9 Å². The summed E-state index contributed by atoms with van der Waals surface area (Å²) in [4.78, 5) is 4.26. The molecule has 0 atom stereocenters. The first-order chi connectivity index (χ1) is 9.29. The number of nitrogens with one attached hydrogen (secondary N) is 1. The van der Waals surface area contributed by atoms with E-state index in [1.165, 1.54) is 5.56 Å². The van der Waals surface area contributed by atoms with E-state index < -0.39 is 0 Å². The lowest BCUT2D eigenvalue weighted by atomic mass is 10.2. The summed E-state index contributed by atoms with van der Waals surface area (Å²) in [6.07, 6.45) is 2.83. The number of aryl methyl sites for hydroxylation is 1. The number of benzene rings is 1. The van der Waals surface area contributed by atoms with Crippen molar-refractivity contribution in [1.82, 2.24) is 4.98 Å². The minimum Gasteiger partial charge on any atom is -0.494 e. The zero-order valence-electron chi connectivity index (χ0n) is 11.5. The Hall–Kier alpha value is -2.03. The molecule has 0 radical (unpaired) electrons. The molecule has 1 aromatic heterocycles. The van der Waals surface area contributed by atoms with Gasteiger partial charge in [-0.3, -0.25) is 4.98 Å². The van der Waals surface area contributed by atoms with Crippen LogP contribution in [0.1, 0.15) is 24.6 Å². The molecule has 100 valence electrons. The molecule has 0 aliphatic rings. The first-order valence-electron chi connectivity index (χ1n) is 6.67. The molecule has 0 spiro atoms. The summed E-state index contributed by atoms with van der Waals surface area (Å²) >= 11 is 0. The quantitative estimate of drug-likeness (QED) is 0.853. The summed E-state index contributed by atoms with van der Waals surface area (Å²) < 4.78 is 5.63. The lowest BCUT2D eigenvalue weighted by Gasteiger charge is -2.10. The van der Waals surface area contributed by atoms with Gasteiger partial charge in [-0.15, -0.1) is 0 Å². The minimum atomic E-state index is 0.762. The monoisotopic (exact) mass is 256 g/mol. The van der Waals surface area contributed by atoms with Gasteiger partial charge in [-0.1, -0.05) is 19.1 Å². The van der Waals surface area contributed by atoms with Crippen LogP contribution in [0.2, 0.25) is 0 Å². The Balaban J connectivity index is 1.98. The summed E-state index contributed by atoms with van der Waals surface area (Å²) in [6, 6.07) is 12.2. The summed E-state index contributed by atoms with van der Waals surface area (Å²) in [5.41, 5.74) is 3.29. The summed E-state index contributed by atoms with van der Waals surface area (Å²) in [5.74, 6) is 0.934. The second kappa shape index (κ2) is 6.78. The highest BCUT2D eigenvalue weighted by Crippen LogP contribution is 2.16. The Kier molecular flexibility index (Phi) is 4.78. The van der Waals surface area contributed by atoms with E-state index in [2.05, 4.69) is 29.4 Å². The van der Waals surface area contributed by atoms with Gasteiger partial charge >= 0.3 is 0 Å². The van der Waals surface area contributed by atoms with E-state index in [0.717, 1.165) is 36.7 Å². The van der Waals surface area contributed by atoms with Gasteiger partial charge in [-0.05, 0) is 43.2 Å². The Bertz CT molecular complexity index is 526. The summed E-state index contributed by atoms with van der Waals surface area (Å²) in [6.45, 7) is 5.65. The van der Waals surface area contributed by atoms with Gasteiger partial charge in [0.15, 0.2) is 0 Å². The molecule has 0 saturated carbocycles. The van der Waals surface area contributed by atoms with Crippen LogP contribution in [-0.4, -0.2) is 11.6 Å². The van der Waals surface area contributed by atoms with E-state index in [9.17, 15) is 0 Å².